The summed E-state index contributed by atoms with van der Waals surface area (Å²) in [5.41, 5.74) is 0. The van der Waals surface area contributed by atoms with Crippen LogP contribution >= 0.6 is 27.3 Å². The molecule has 1 aliphatic carbocycles. The van der Waals surface area contributed by atoms with Crippen molar-refractivity contribution in [2.24, 2.45) is 0 Å². The van der Waals surface area contributed by atoms with Crippen LogP contribution in [-0.4, -0.2) is 12.6 Å². The summed E-state index contributed by atoms with van der Waals surface area (Å²) in [7, 11) is 0. The molecular weight excluding hydrogens is 270 g/mol. The first-order valence-corrected chi connectivity index (χ1v) is 7.13. The molecule has 0 aliphatic heterocycles. The topological polar surface area (TPSA) is 12.0 Å². The fraction of sp³-hybridized carbons (Fsp3) is 0.500. The number of nitrogens with one attached hydrogen (secondary N) is 1. The van der Waals surface area contributed by atoms with Crippen LogP contribution in [0.5, 0.6) is 0 Å². The van der Waals surface area contributed by atoms with Crippen molar-refractivity contribution in [3.8, 4) is 0 Å². The Hall–Kier alpha value is -0.120. The van der Waals surface area contributed by atoms with Crippen LogP contribution in [0.4, 0.5) is 0 Å². The van der Waals surface area contributed by atoms with E-state index in [1.54, 1.807) is 0 Å². The van der Waals surface area contributed by atoms with Gasteiger partial charge < -0.3 is 5.32 Å². The number of rotatable bonds is 6. The van der Waals surface area contributed by atoms with E-state index in [1.807, 2.05) is 11.3 Å². The molecule has 3 heteroatoms. The van der Waals surface area contributed by atoms with Gasteiger partial charge in [-0.3, -0.25) is 0 Å². The van der Waals surface area contributed by atoms with E-state index in [-0.39, 0.29) is 0 Å². The molecule has 1 heterocycles. The highest BCUT2D eigenvalue weighted by atomic mass is 79.9. The van der Waals surface area contributed by atoms with E-state index < -0.39 is 0 Å². The summed E-state index contributed by atoms with van der Waals surface area (Å²) in [6.07, 6.45) is 9.54. The van der Waals surface area contributed by atoms with Crippen LogP contribution in [-0.2, 0) is 6.42 Å². The van der Waals surface area contributed by atoms with Crippen molar-refractivity contribution in [2.75, 3.05) is 6.54 Å². The maximum Gasteiger partial charge on any atom is 0.0285 e. The lowest BCUT2D eigenvalue weighted by Crippen LogP contribution is -2.16. The summed E-state index contributed by atoms with van der Waals surface area (Å²) in [5.74, 6) is 0. The lowest BCUT2D eigenvalue weighted by Gasteiger charge is -1.97. The molecule has 1 saturated carbocycles. The third-order valence-corrected chi connectivity index (χ3v) is 4.15. The molecule has 1 aromatic heterocycles. The second-order valence-corrected chi connectivity index (χ2v) is 5.84. The Bertz CT molecular complexity index is 328. The normalized spacial score (nSPS) is 16.3. The van der Waals surface area contributed by atoms with Gasteiger partial charge in [0.15, 0.2) is 0 Å². The molecule has 82 valence electrons. The predicted molar refractivity (Wildman–Crippen MR) is 70.5 cm³/mol. The summed E-state index contributed by atoms with van der Waals surface area (Å²) in [6, 6.07) is 3.03. The second kappa shape index (κ2) is 5.83. The van der Waals surface area contributed by atoms with Crippen LogP contribution in [0.25, 0.3) is 0 Å². The van der Waals surface area contributed by atoms with Gasteiger partial charge in [0.25, 0.3) is 0 Å². The average molecular weight is 286 g/mol. The van der Waals surface area contributed by atoms with Crippen molar-refractivity contribution in [3.05, 3.63) is 32.9 Å². The molecule has 0 spiro atoms. The summed E-state index contributed by atoms with van der Waals surface area (Å²) in [4.78, 5) is 1.42. The zero-order valence-corrected chi connectivity index (χ0v) is 11.1. The SMILES string of the molecule is Brc1csc(CC=CCCNC2CC2)c1. The highest BCUT2D eigenvalue weighted by Gasteiger charge is 2.19. The van der Waals surface area contributed by atoms with Crippen LogP contribution in [0, 0.1) is 0 Å². The van der Waals surface area contributed by atoms with Crippen molar-refractivity contribution < 1.29 is 0 Å². The van der Waals surface area contributed by atoms with Crippen LogP contribution < -0.4 is 5.32 Å². The van der Waals surface area contributed by atoms with E-state index in [9.17, 15) is 0 Å². The van der Waals surface area contributed by atoms with Gasteiger partial charge in [-0.05, 0) is 54.2 Å². The van der Waals surface area contributed by atoms with Crippen LogP contribution in [0.3, 0.4) is 0 Å². The summed E-state index contributed by atoms with van der Waals surface area (Å²) in [5, 5.41) is 5.64. The molecule has 0 unspecified atom stereocenters. The van der Waals surface area contributed by atoms with Crippen LogP contribution in [0.2, 0.25) is 0 Å². The first-order valence-electron chi connectivity index (χ1n) is 5.46. The van der Waals surface area contributed by atoms with Crippen molar-refractivity contribution in [1.29, 1.82) is 0 Å². The Balaban J connectivity index is 1.57. The smallest absolute Gasteiger partial charge is 0.0285 e. The van der Waals surface area contributed by atoms with E-state index in [0.29, 0.717) is 0 Å². The maximum atomic E-state index is 3.50. The van der Waals surface area contributed by atoms with Crippen molar-refractivity contribution in [1.82, 2.24) is 5.32 Å². The lowest BCUT2D eigenvalue weighted by molar-refractivity contribution is 0.690. The molecule has 1 N–H and O–H groups in total. The molecule has 0 saturated heterocycles. The van der Waals surface area contributed by atoms with E-state index in [2.05, 4.69) is 44.8 Å². The average Bonchev–Trinajstić information content (AvgIpc) is 2.95. The monoisotopic (exact) mass is 285 g/mol. The predicted octanol–water partition coefficient (Wildman–Crippen LogP) is 3.75. The van der Waals surface area contributed by atoms with Gasteiger partial charge in [0, 0.05) is 20.8 Å². The molecule has 1 aliphatic rings. The third-order valence-electron chi connectivity index (χ3n) is 2.43. The number of allylic oxidation sites excluding steroid dienone is 1. The number of hydrogen-bond acceptors (Lipinski definition) is 2. The zero-order valence-electron chi connectivity index (χ0n) is 8.71. The molecule has 0 atom stereocenters. The van der Waals surface area contributed by atoms with Gasteiger partial charge in [0.2, 0.25) is 0 Å². The van der Waals surface area contributed by atoms with Crippen molar-refractivity contribution >= 4 is 27.3 Å². The van der Waals surface area contributed by atoms with Gasteiger partial charge in [-0.25, -0.2) is 0 Å². The molecule has 15 heavy (non-hydrogen) atoms. The zero-order chi connectivity index (χ0) is 10.5. The Morgan fingerprint density at radius 2 is 2.33 bits per heavy atom. The maximum absolute atomic E-state index is 3.50. The molecule has 1 fully saturated rings. The molecule has 0 radical (unpaired) electrons. The van der Waals surface area contributed by atoms with Crippen molar-refractivity contribution in [3.63, 3.8) is 0 Å². The molecular formula is C12H16BrNS. The third kappa shape index (κ3) is 4.49. The van der Waals surface area contributed by atoms with Gasteiger partial charge >= 0.3 is 0 Å². The molecule has 2 rings (SSSR count). The lowest BCUT2D eigenvalue weighted by atomic mass is 10.3. The van der Waals surface area contributed by atoms with Gasteiger partial charge in [0.05, 0.1) is 0 Å². The highest BCUT2D eigenvalue weighted by Crippen LogP contribution is 2.20. The summed E-state index contributed by atoms with van der Waals surface area (Å²) < 4.78 is 1.20. The van der Waals surface area contributed by atoms with Gasteiger partial charge in [0.1, 0.15) is 0 Å². The Labute approximate surface area is 104 Å². The molecule has 1 nitrogen and oxygen atoms in total. The first kappa shape index (κ1) is 11.4. The minimum atomic E-state index is 0.839. The van der Waals surface area contributed by atoms with Crippen molar-refractivity contribution in [2.45, 2.75) is 31.7 Å². The Kier molecular flexibility index (Phi) is 4.42. The molecule has 0 amide bonds. The van der Waals surface area contributed by atoms with Crippen LogP contribution in [0.15, 0.2) is 28.1 Å². The number of hydrogen-bond donors (Lipinski definition) is 1. The standard InChI is InChI=1S/C12H16BrNS/c13-10-8-12(15-9-10)4-2-1-3-7-14-11-5-6-11/h1-2,8-9,11,14H,3-7H2. The molecule has 0 bridgehead atoms. The molecule has 0 aromatic carbocycles. The van der Waals surface area contributed by atoms with Gasteiger partial charge in [-0.15, -0.1) is 11.3 Å². The summed E-state index contributed by atoms with van der Waals surface area (Å²) in [6.45, 7) is 1.13. The number of halogens is 1. The van der Waals surface area contributed by atoms with E-state index in [1.165, 1.54) is 22.2 Å². The first-order chi connectivity index (χ1) is 7.34. The van der Waals surface area contributed by atoms with E-state index in [0.717, 1.165) is 25.4 Å². The molecule has 1 aromatic rings. The highest BCUT2D eigenvalue weighted by molar-refractivity contribution is 9.10. The fourth-order valence-electron chi connectivity index (χ4n) is 1.44. The second-order valence-electron chi connectivity index (χ2n) is 3.92. The largest absolute Gasteiger partial charge is 0.314 e. The Morgan fingerprint density at radius 3 is 3.00 bits per heavy atom. The quantitative estimate of drug-likeness (QED) is 0.620. The minimum Gasteiger partial charge on any atom is -0.314 e. The van der Waals surface area contributed by atoms with Crippen LogP contribution in [0.1, 0.15) is 24.1 Å². The van der Waals surface area contributed by atoms with Gasteiger partial charge in [-0.2, -0.15) is 0 Å². The fourth-order valence-corrected chi connectivity index (χ4v) is 2.86. The summed E-state index contributed by atoms with van der Waals surface area (Å²) >= 11 is 5.28. The van der Waals surface area contributed by atoms with E-state index in [4.69, 9.17) is 0 Å². The number of thiophene rings is 1. The van der Waals surface area contributed by atoms with E-state index >= 15 is 0 Å². The van der Waals surface area contributed by atoms with Gasteiger partial charge in [-0.1, -0.05) is 12.2 Å². The minimum absolute atomic E-state index is 0.839. The Morgan fingerprint density at radius 1 is 1.47 bits per heavy atom.